The molecule has 0 bridgehead atoms. The first-order valence-electron chi connectivity index (χ1n) is 12.6. The SMILES string of the molecule is NC(=O)C1CCN(C2CCN(C(=O)c3ccc(CNc4nc(=S)[nH]c5ccccc45)cc3)CC2)CC1. The number of nitrogens with two attached hydrogens (primary N) is 1. The van der Waals surface area contributed by atoms with Crippen molar-refractivity contribution in [1.29, 1.82) is 0 Å². The molecule has 3 aromatic rings. The van der Waals surface area contributed by atoms with Gasteiger partial charge in [-0.15, -0.1) is 0 Å². The number of hydrogen-bond donors (Lipinski definition) is 3. The number of nitrogens with zero attached hydrogens (tertiary/aromatic N) is 3. The van der Waals surface area contributed by atoms with Crippen molar-refractivity contribution in [2.45, 2.75) is 38.3 Å². The Morgan fingerprint density at radius 1 is 1.00 bits per heavy atom. The molecule has 0 aliphatic carbocycles. The molecule has 5 rings (SSSR count). The van der Waals surface area contributed by atoms with Gasteiger partial charge in [0, 0.05) is 42.5 Å². The molecule has 2 aliphatic rings. The van der Waals surface area contributed by atoms with Gasteiger partial charge in [-0.3, -0.25) is 9.59 Å². The van der Waals surface area contributed by atoms with Crippen LogP contribution in [0, 0.1) is 10.7 Å². The zero-order valence-electron chi connectivity index (χ0n) is 20.3. The zero-order chi connectivity index (χ0) is 25.1. The summed E-state index contributed by atoms with van der Waals surface area (Å²) in [6, 6.07) is 16.2. The van der Waals surface area contributed by atoms with E-state index in [2.05, 4.69) is 20.2 Å². The second-order valence-electron chi connectivity index (χ2n) is 9.72. The average molecular weight is 505 g/mol. The predicted octanol–water partition coefficient (Wildman–Crippen LogP) is 3.71. The Morgan fingerprint density at radius 2 is 1.69 bits per heavy atom. The lowest BCUT2D eigenvalue weighted by Crippen LogP contribution is -2.49. The molecule has 2 saturated heterocycles. The van der Waals surface area contributed by atoms with Crippen LogP contribution in [0.25, 0.3) is 10.9 Å². The number of primary amides is 1. The van der Waals surface area contributed by atoms with Crippen LogP contribution in [0.2, 0.25) is 0 Å². The molecule has 0 atom stereocenters. The maximum atomic E-state index is 13.1. The van der Waals surface area contributed by atoms with Gasteiger partial charge in [0.15, 0.2) is 4.77 Å². The Kier molecular flexibility index (Phi) is 7.29. The molecule has 0 radical (unpaired) electrons. The molecular formula is C27H32N6O2S. The van der Waals surface area contributed by atoms with Gasteiger partial charge < -0.3 is 25.8 Å². The summed E-state index contributed by atoms with van der Waals surface area (Å²) in [5.74, 6) is 0.673. The van der Waals surface area contributed by atoms with E-state index in [0.717, 1.165) is 74.1 Å². The first kappa shape index (κ1) is 24.4. The molecule has 2 aliphatic heterocycles. The summed E-state index contributed by atoms with van der Waals surface area (Å²) < 4.78 is 0.441. The number of amides is 2. The van der Waals surface area contributed by atoms with Crippen molar-refractivity contribution in [2.75, 3.05) is 31.5 Å². The number of nitrogens with one attached hydrogen (secondary N) is 2. The lowest BCUT2D eigenvalue weighted by atomic mass is 9.93. The fraction of sp³-hybridized carbons (Fsp3) is 0.407. The van der Waals surface area contributed by atoms with E-state index in [4.69, 9.17) is 18.0 Å². The number of hydrogen-bond acceptors (Lipinski definition) is 6. The van der Waals surface area contributed by atoms with Crippen LogP contribution in [0.3, 0.4) is 0 Å². The molecule has 2 aromatic carbocycles. The van der Waals surface area contributed by atoms with Gasteiger partial charge in [-0.2, -0.15) is 0 Å². The van der Waals surface area contributed by atoms with Gasteiger partial charge in [0.05, 0.1) is 5.52 Å². The van der Waals surface area contributed by atoms with Crippen LogP contribution < -0.4 is 11.1 Å². The molecule has 36 heavy (non-hydrogen) atoms. The molecule has 188 valence electrons. The highest BCUT2D eigenvalue weighted by atomic mass is 32.1. The molecule has 0 saturated carbocycles. The summed E-state index contributed by atoms with van der Waals surface area (Å²) in [6.07, 6.45) is 3.63. The lowest BCUT2D eigenvalue weighted by molar-refractivity contribution is -0.123. The number of aromatic nitrogens is 2. The van der Waals surface area contributed by atoms with E-state index in [1.807, 2.05) is 53.4 Å². The highest BCUT2D eigenvalue weighted by Gasteiger charge is 2.31. The van der Waals surface area contributed by atoms with Crippen molar-refractivity contribution in [3.8, 4) is 0 Å². The Labute approximate surface area is 215 Å². The van der Waals surface area contributed by atoms with E-state index in [0.29, 0.717) is 22.9 Å². The summed E-state index contributed by atoms with van der Waals surface area (Å²) in [7, 11) is 0. The van der Waals surface area contributed by atoms with Crippen molar-refractivity contribution in [2.24, 2.45) is 11.7 Å². The third-order valence-corrected chi connectivity index (χ3v) is 7.69. The van der Waals surface area contributed by atoms with Crippen molar-refractivity contribution in [3.05, 3.63) is 64.4 Å². The van der Waals surface area contributed by atoms with Crippen LogP contribution in [-0.2, 0) is 11.3 Å². The van der Waals surface area contributed by atoms with E-state index in [1.165, 1.54) is 0 Å². The third kappa shape index (κ3) is 5.42. The average Bonchev–Trinajstić information content (AvgIpc) is 2.91. The van der Waals surface area contributed by atoms with Crippen molar-refractivity contribution < 1.29 is 9.59 Å². The van der Waals surface area contributed by atoms with Crippen molar-refractivity contribution >= 4 is 40.8 Å². The Bertz CT molecular complexity index is 1290. The summed E-state index contributed by atoms with van der Waals surface area (Å²) >= 11 is 5.26. The molecule has 0 unspecified atom stereocenters. The second-order valence-corrected chi connectivity index (χ2v) is 10.1. The van der Waals surface area contributed by atoms with Gasteiger partial charge in [0.1, 0.15) is 5.82 Å². The minimum atomic E-state index is -0.175. The highest BCUT2D eigenvalue weighted by Crippen LogP contribution is 2.25. The Balaban J connectivity index is 1.14. The maximum absolute atomic E-state index is 13.1. The Morgan fingerprint density at radius 3 is 2.39 bits per heavy atom. The molecule has 4 N–H and O–H groups in total. The standard InChI is InChI=1S/C27H32N6O2S/c28-24(34)19-9-13-32(14-10-19)21-11-15-33(16-12-21)26(35)20-7-5-18(6-8-20)17-29-25-22-3-1-2-4-23(22)30-27(36)31-25/h1-8,19,21H,9-17H2,(H2,28,34)(H2,29,30,31,36). The van der Waals surface area contributed by atoms with Crippen LogP contribution in [-0.4, -0.2) is 63.8 Å². The molecule has 2 fully saturated rings. The normalized spacial score (nSPS) is 17.8. The van der Waals surface area contributed by atoms with Crippen molar-refractivity contribution in [1.82, 2.24) is 19.8 Å². The second kappa shape index (κ2) is 10.8. The first-order chi connectivity index (χ1) is 17.5. The summed E-state index contributed by atoms with van der Waals surface area (Å²) in [5.41, 5.74) is 8.18. The molecule has 1 aromatic heterocycles. The topological polar surface area (TPSA) is 107 Å². The number of H-pyrrole nitrogens is 1. The Hall–Kier alpha value is -3.30. The number of carbonyl (C=O) groups is 2. The molecule has 0 spiro atoms. The van der Waals surface area contributed by atoms with E-state index in [-0.39, 0.29) is 17.7 Å². The number of rotatable bonds is 6. The van der Waals surface area contributed by atoms with E-state index in [1.54, 1.807) is 0 Å². The quantitative estimate of drug-likeness (QED) is 0.442. The van der Waals surface area contributed by atoms with Crippen molar-refractivity contribution in [3.63, 3.8) is 0 Å². The number of aromatic amines is 1. The zero-order valence-corrected chi connectivity index (χ0v) is 21.1. The number of fused-ring (bicyclic) bond motifs is 1. The van der Waals surface area contributed by atoms with Crippen LogP contribution >= 0.6 is 12.2 Å². The van der Waals surface area contributed by atoms with E-state index in [9.17, 15) is 9.59 Å². The van der Waals surface area contributed by atoms with E-state index < -0.39 is 0 Å². The number of carbonyl (C=O) groups excluding carboxylic acids is 2. The number of para-hydroxylation sites is 1. The van der Waals surface area contributed by atoms with Gasteiger partial charge in [0.2, 0.25) is 5.91 Å². The monoisotopic (exact) mass is 504 g/mol. The van der Waals surface area contributed by atoms with Crippen LogP contribution in [0.1, 0.15) is 41.6 Å². The summed E-state index contributed by atoms with van der Waals surface area (Å²) in [5, 5.41) is 4.36. The summed E-state index contributed by atoms with van der Waals surface area (Å²) in [6.45, 7) is 3.94. The van der Waals surface area contributed by atoms with Gasteiger partial charge >= 0.3 is 0 Å². The predicted molar refractivity (Wildman–Crippen MR) is 143 cm³/mol. The van der Waals surface area contributed by atoms with Crippen LogP contribution in [0.15, 0.2) is 48.5 Å². The molecular weight excluding hydrogens is 472 g/mol. The largest absolute Gasteiger partial charge is 0.369 e. The number of anilines is 1. The third-order valence-electron chi connectivity index (χ3n) is 7.50. The van der Waals surface area contributed by atoms with Gasteiger partial charge in [0.25, 0.3) is 5.91 Å². The fourth-order valence-corrected chi connectivity index (χ4v) is 5.56. The number of piperidine rings is 2. The molecule has 8 nitrogen and oxygen atoms in total. The molecule has 3 heterocycles. The first-order valence-corrected chi connectivity index (χ1v) is 13.0. The highest BCUT2D eigenvalue weighted by molar-refractivity contribution is 7.71. The van der Waals surface area contributed by atoms with Crippen LogP contribution in [0.4, 0.5) is 5.82 Å². The smallest absolute Gasteiger partial charge is 0.253 e. The minimum absolute atomic E-state index is 0.0158. The lowest BCUT2D eigenvalue weighted by Gasteiger charge is -2.41. The summed E-state index contributed by atoms with van der Waals surface area (Å²) in [4.78, 5) is 36.5. The number of likely N-dealkylation sites (tertiary alicyclic amines) is 2. The number of benzene rings is 2. The van der Waals surface area contributed by atoms with Gasteiger partial charge in [-0.05, 0) is 80.8 Å². The van der Waals surface area contributed by atoms with Gasteiger partial charge in [-0.25, -0.2) is 4.98 Å². The molecule has 9 heteroatoms. The van der Waals surface area contributed by atoms with Crippen LogP contribution in [0.5, 0.6) is 0 Å². The minimum Gasteiger partial charge on any atom is -0.369 e. The maximum Gasteiger partial charge on any atom is 0.253 e. The molecule has 2 amide bonds. The van der Waals surface area contributed by atoms with E-state index >= 15 is 0 Å². The fourth-order valence-electron chi connectivity index (χ4n) is 5.36. The van der Waals surface area contributed by atoms with Gasteiger partial charge in [-0.1, -0.05) is 24.3 Å².